The molecule has 0 aliphatic carbocycles. The molecule has 1 aromatic rings. The van der Waals surface area contributed by atoms with Gasteiger partial charge in [-0.25, -0.2) is 0 Å². The Morgan fingerprint density at radius 2 is 2.31 bits per heavy atom. The smallest absolute Gasteiger partial charge is 0.0634 e. The molecule has 0 amide bonds. The summed E-state index contributed by atoms with van der Waals surface area (Å²) in [5, 5.41) is 4.18. The fraction of sp³-hybridized carbons (Fsp3) is 0.583. The van der Waals surface area contributed by atoms with Gasteiger partial charge in [0.2, 0.25) is 0 Å². The number of halogens is 1. The standard InChI is InChI=1S/C12H20ClN3/c1-4-16(3)9-10(2)15-7-11-5-6-14-8-12(11)13/h5-6,8,10,15H,4,7,9H2,1-3H3. The molecule has 90 valence electrons. The molecule has 1 aromatic heterocycles. The Hall–Kier alpha value is -0.640. The quantitative estimate of drug-likeness (QED) is 0.828. The first-order chi connectivity index (χ1) is 7.63. The van der Waals surface area contributed by atoms with Crippen LogP contribution >= 0.6 is 11.6 Å². The average Bonchev–Trinajstić information content (AvgIpc) is 2.28. The Kier molecular flexibility index (Phi) is 5.74. The van der Waals surface area contributed by atoms with E-state index in [0.29, 0.717) is 6.04 Å². The van der Waals surface area contributed by atoms with Gasteiger partial charge in [-0.1, -0.05) is 18.5 Å². The topological polar surface area (TPSA) is 28.2 Å². The molecular weight excluding hydrogens is 222 g/mol. The van der Waals surface area contributed by atoms with E-state index in [9.17, 15) is 0 Å². The summed E-state index contributed by atoms with van der Waals surface area (Å²) >= 11 is 6.03. The number of hydrogen-bond donors (Lipinski definition) is 1. The van der Waals surface area contributed by atoms with E-state index in [0.717, 1.165) is 30.2 Å². The second-order valence-corrected chi connectivity index (χ2v) is 4.51. The summed E-state index contributed by atoms with van der Waals surface area (Å²) in [5.74, 6) is 0. The van der Waals surface area contributed by atoms with Crippen LogP contribution in [0.1, 0.15) is 19.4 Å². The Bertz CT molecular complexity index is 317. The zero-order valence-corrected chi connectivity index (χ0v) is 11.0. The van der Waals surface area contributed by atoms with Crippen LogP contribution in [0.15, 0.2) is 18.5 Å². The van der Waals surface area contributed by atoms with E-state index in [1.54, 1.807) is 12.4 Å². The summed E-state index contributed by atoms with van der Waals surface area (Å²) in [5.41, 5.74) is 1.10. The lowest BCUT2D eigenvalue weighted by Gasteiger charge is -2.20. The van der Waals surface area contributed by atoms with Gasteiger partial charge in [0.15, 0.2) is 0 Å². The maximum Gasteiger partial charge on any atom is 0.0634 e. The summed E-state index contributed by atoms with van der Waals surface area (Å²) in [6.45, 7) is 7.25. The maximum atomic E-state index is 6.03. The van der Waals surface area contributed by atoms with Gasteiger partial charge in [0, 0.05) is 31.5 Å². The molecule has 1 N–H and O–H groups in total. The van der Waals surface area contributed by atoms with Gasteiger partial charge in [-0.3, -0.25) is 4.98 Å². The molecule has 0 bridgehead atoms. The second-order valence-electron chi connectivity index (χ2n) is 4.10. The maximum absolute atomic E-state index is 6.03. The van der Waals surface area contributed by atoms with E-state index < -0.39 is 0 Å². The zero-order chi connectivity index (χ0) is 12.0. The highest BCUT2D eigenvalue weighted by Crippen LogP contribution is 2.12. The molecule has 1 unspecified atom stereocenters. The minimum atomic E-state index is 0.453. The Labute approximate surface area is 103 Å². The van der Waals surface area contributed by atoms with Crippen molar-refractivity contribution in [1.29, 1.82) is 0 Å². The molecule has 0 saturated carbocycles. The van der Waals surface area contributed by atoms with Crippen LogP contribution in [0.2, 0.25) is 5.02 Å². The third kappa shape index (κ3) is 4.47. The van der Waals surface area contributed by atoms with Crippen LogP contribution in [0.3, 0.4) is 0 Å². The second kappa shape index (κ2) is 6.84. The van der Waals surface area contributed by atoms with Gasteiger partial charge >= 0.3 is 0 Å². The Morgan fingerprint density at radius 1 is 1.56 bits per heavy atom. The van der Waals surface area contributed by atoms with Crippen molar-refractivity contribution in [3.8, 4) is 0 Å². The summed E-state index contributed by atoms with van der Waals surface area (Å²) < 4.78 is 0. The van der Waals surface area contributed by atoms with Gasteiger partial charge in [-0.15, -0.1) is 0 Å². The first-order valence-electron chi connectivity index (χ1n) is 5.63. The molecular formula is C12H20ClN3. The molecule has 3 nitrogen and oxygen atoms in total. The van der Waals surface area contributed by atoms with Crippen molar-refractivity contribution in [3.05, 3.63) is 29.0 Å². The van der Waals surface area contributed by atoms with Crippen LogP contribution < -0.4 is 5.32 Å². The molecule has 0 aliphatic heterocycles. The molecule has 1 rings (SSSR count). The SMILES string of the molecule is CCN(C)CC(C)NCc1ccncc1Cl. The lowest BCUT2D eigenvalue weighted by Crippen LogP contribution is -2.36. The number of aromatic nitrogens is 1. The van der Waals surface area contributed by atoms with Gasteiger partial charge in [0.1, 0.15) is 0 Å². The molecule has 0 aliphatic rings. The highest BCUT2D eigenvalue weighted by atomic mass is 35.5. The van der Waals surface area contributed by atoms with Crippen LogP contribution in [0.4, 0.5) is 0 Å². The third-order valence-corrected chi connectivity index (χ3v) is 2.96. The summed E-state index contributed by atoms with van der Waals surface area (Å²) in [6, 6.07) is 2.40. The summed E-state index contributed by atoms with van der Waals surface area (Å²) in [4.78, 5) is 6.25. The molecule has 16 heavy (non-hydrogen) atoms. The lowest BCUT2D eigenvalue weighted by molar-refractivity contribution is 0.309. The number of likely N-dealkylation sites (N-methyl/N-ethyl adjacent to an activating group) is 1. The number of rotatable bonds is 6. The third-order valence-electron chi connectivity index (χ3n) is 2.62. The first-order valence-corrected chi connectivity index (χ1v) is 6.01. The molecule has 1 heterocycles. The lowest BCUT2D eigenvalue weighted by atomic mass is 10.2. The highest BCUT2D eigenvalue weighted by molar-refractivity contribution is 6.31. The van der Waals surface area contributed by atoms with Gasteiger partial charge in [-0.05, 0) is 32.1 Å². The van der Waals surface area contributed by atoms with E-state index in [1.165, 1.54) is 0 Å². The molecule has 0 spiro atoms. The van der Waals surface area contributed by atoms with Crippen molar-refractivity contribution in [2.45, 2.75) is 26.4 Å². The van der Waals surface area contributed by atoms with Crippen LogP contribution in [-0.2, 0) is 6.54 Å². The van der Waals surface area contributed by atoms with E-state index in [-0.39, 0.29) is 0 Å². The minimum Gasteiger partial charge on any atom is -0.309 e. The van der Waals surface area contributed by atoms with E-state index in [2.05, 4.69) is 36.1 Å². The molecule has 4 heteroatoms. The fourth-order valence-electron chi connectivity index (χ4n) is 1.49. The highest BCUT2D eigenvalue weighted by Gasteiger charge is 2.05. The Balaban J connectivity index is 2.37. The predicted molar refractivity (Wildman–Crippen MR) is 68.7 cm³/mol. The van der Waals surface area contributed by atoms with E-state index in [1.807, 2.05) is 6.07 Å². The van der Waals surface area contributed by atoms with Gasteiger partial charge < -0.3 is 10.2 Å². The van der Waals surface area contributed by atoms with Gasteiger partial charge in [0.05, 0.1) is 5.02 Å². The molecule has 1 atom stereocenters. The minimum absolute atomic E-state index is 0.453. The van der Waals surface area contributed by atoms with Crippen molar-refractivity contribution in [2.24, 2.45) is 0 Å². The monoisotopic (exact) mass is 241 g/mol. The van der Waals surface area contributed by atoms with Crippen molar-refractivity contribution in [2.75, 3.05) is 20.1 Å². The molecule has 0 aromatic carbocycles. The molecule has 0 saturated heterocycles. The van der Waals surface area contributed by atoms with Crippen molar-refractivity contribution < 1.29 is 0 Å². The van der Waals surface area contributed by atoms with E-state index >= 15 is 0 Å². The zero-order valence-electron chi connectivity index (χ0n) is 10.2. The molecule has 0 radical (unpaired) electrons. The van der Waals surface area contributed by atoms with Gasteiger partial charge in [0.25, 0.3) is 0 Å². The number of nitrogens with zero attached hydrogens (tertiary/aromatic N) is 2. The van der Waals surface area contributed by atoms with Crippen LogP contribution in [-0.4, -0.2) is 36.1 Å². The van der Waals surface area contributed by atoms with Crippen molar-refractivity contribution in [1.82, 2.24) is 15.2 Å². The normalized spacial score (nSPS) is 13.1. The number of pyridine rings is 1. The Morgan fingerprint density at radius 3 is 2.94 bits per heavy atom. The van der Waals surface area contributed by atoms with Crippen molar-refractivity contribution in [3.63, 3.8) is 0 Å². The number of hydrogen-bond acceptors (Lipinski definition) is 3. The summed E-state index contributed by atoms with van der Waals surface area (Å²) in [7, 11) is 2.12. The number of nitrogens with one attached hydrogen (secondary N) is 1. The largest absolute Gasteiger partial charge is 0.309 e. The van der Waals surface area contributed by atoms with Crippen LogP contribution in [0, 0.1) is 0 Å². The van der Waals surface area contributed by atoms with Gasteiger partial charge in [-0.2, -0.15) is 0 Å². The first kappa shape index (κ1) is 13.4. The van der Waals surface area contributed by atoms with Crippen LogP contribution in [0.25, 0.3) is 0 Å². The summed E-state index contributed by atoms with van der Waals surface area (Å²) in [6.07, 6.45) is 3.45. The molecule has 0 fully saturated rings. The van der Waals surface area contributed by atoms with E-state index in [4.69, 9.17) is 11.6 Å². The fourth-order valence-corrected chi connectivity index (χ4v) is 1.68. The average molecular weight is 242 g/mol. The van der Waals surface area contributed by atoms with Crippen LogP contribution in [0.5, 0.6) is 0 Å². The predicted octanol–water partition coefficient (Wildman–Crippen LogP) is 2.16. The van der Waals surface area contributed by atoms with Crippen molar-refractivity contribution >= 4 is 11.6 Å².